The number of hydrogen-bond donors (Lipinski definition) is 4. The van der Waals surface area contributed by atoms with Crippen molar-refractivity contribution < 1.29 is 13.2 Å². The predicted molar refractivity (Wildman–Crippen MR) is 142 cm³/mol. The number of amides is 1. The van der Waals surface area contributed by atoms with Gasteiger partial charge in [0.05, 0.1) is 11.4 Å². The molecule has 0 atom stereocenters. The summed E-state index contributed by atoms with van der Waals surface area (Å²) in [6.45, 7) is 2.83. The zero-order valence-corrected chi connectivity index (χ0v) is 21.7. The number of H-pyrrole nitrogens is 1. The molecule has 2 heterocycles. The molecule has 2 aromatic heterocycles. The molecule has 4 rings (SSSR count). The van der Waals surface area contributed by atoms with Gasteiger partial charge < -0.3 is 10.6 Å². The van der Waals surface area contributed by atoms with Crippen molar-refractivity contribution in [3.05, 3.63) is 75.2 Å². The van der Waals surface area contributed by atoms with Crippen molar-refractivity contribution in [3.8, 4) is 17.3 Å². The quantitative estimate of drug-likeness (QED) is 0.262. The Balaban J connectivity index is 1.61. The zero-order valence-electron chi connectivity index (χ0n) is 19.3. The van der Waals surface area contributed by atoms with E-state index in [2.05, 4.69) is 30.3 Å². The van der Waals surface area contributed by atoms with Gasteiger partial charge in [0.15, 0.2) is 9.34 Å². The Bertz CT molecular complexity index is 1690. The van der Waals surface area contributed by atoms with Crippen molar-refractivity contribution in [2.45, 2.75) is 18.1 Å². The number of anilines is 4. The van der Waals surface area contributed by atoms with E-state index in [4.69, 9.17) is 11.6 Å². The number of benzene rings is 2. The highest BCUT2D eigenvalue weighted by atomic mass is 35.5. The smallest absolute Gasteiger partial charge is 0.273 e. The van der Waals surface area contributed by atoms with Gasteiger partial charge >= 0.3 is 0 Å². The molecule has 0 fully saturated rings. The fraction of sp³-hybridized carbons (Fsp3) is 0.0870. The molecular weight excluding hydrogens is 538 g/mol. The summed E-state index contributed by atoms with van der Waals surface area (Å²) in [5.74, 6) is -0.250. The fourth-order valence-electron chi connectivity index (χ4n) is 3.25. The van der Waals surface area contributed by atoms with Crippen LogP contribution in [0.15, 0.2) is 57.5 Å². The first-order chi connectivity index (χ1) is 17.6. The Morgan fingerprint density at radius 3 is 2.35 bits per heavy atom. The number of sulfonamides is 1. The first-order valence-electron chi connectivity index (χ1n) is 10.5. The van der Waals surface area contributed by atoms with Gasteiger partial charge in [0, 0.05) is 28.9 Å². The number of carbonyl (C=O) groups excluding carboxylic acids is 1. The van der Waals surface area contributed by atoms with Crippen LogP contribution in [0.5, 0.6) is 0 Å². The molecule has 0 saturated heterocycles. The SMILES string of the molecule is CC(=O)Nc1nc(C)c(S(=O)(=O)Nc2ccc(-c3nc(Nc4ccc(Cl)cc4)[nH]c(=O)c3C#N)cc2)s1. The Kier molecular flexibility index (Phi) is 7.25. The van der Waals surface area contributed by atoms with E-state index in [-0.39, 0.29) is 43.8 Å². The van der Waals surface area contributed by atoms with Crippen LogP contribution in [-0.2, 0) is 14.8 Å². The van der Waals surface area contributed by atoms with Crippen LogP contribution in [-0.4, -0.2) is 29.3 Å². The molecule has 0 aliphatic heterocycles. The van der Waals surface area contributed by atoms with Crippen molar-refractivity contribution in [1.29, 1.82) is 5.26 Å². The van der Waals surface area contributed by atoms with Gasteiger partial charge in [-0.05, 0) is 43.3 Å². The molecule has 0 saturated carbocycles. The minimum absolute atomic E-state index is 0.0405. The number of nitriles is 1. The summed E-state index contributed by atoms with van der Waals surface area (Å²) in [6, 6.07) is 14.6. The van der Waals surface area contributed by atoms with Crippen molar-refractivity contribution in [2.24, 2.45) is 0 Å². The third-order valence-corrected chi connectivity index (χ3v) is 8.15. The van der Waals surface area contributed by atoms with Crippen LogP contribution in [0, 0.1) is 18.3 Å². The normalized spacial score (nSPS) is 11.0. The number of nitrogens with zero attached hydrogens (tertiary/aromatic N) is 3. The van der Waals surface area contributed by atoms with Crippen LogP contribution >= 0.6 is 22.9 Å². The van der Waals surface area contributed by atoms with Crippen LogP contribution in [0.3, 0.4) is 0 Å². The number of halogens is 1. The van der Waals surface area contributed by atoms with E-state index < -0.39 is 15.6 Å². The summed E-state index contributed by atoms with van der Waals surface area (Å²) < 4.78 is 28.2. The lowest BCUT2D eigenvalue weighted by Gasteiger charge is -2.10. The fourth-order valence-corrected chi connectivity index (χ4v) is 5.89. The number of aromatic amines is 1. The summed E-state index contributed by atoms with van der Waals surface area (Å²) in [7, 11) is -3.99. The van der Waals surface area contributed by atoms with E-state index in [1.54, 1.807) is 24.3 Å². The second-order valence-electron chi connectivity index (χ2n) is 7.64. The summed E-state index contributed by atoms with van der Waals surface area (Å²) in [5, 5.41) is 15.7. The minimum Gasteiger partial charge on any atom is -0.326 e. The number of aryl methyl sites for hydroxylation is 1. The maximum Gasteiger partial charge on any atom is 0.273 e. The highest BCUT2D eigenvalue weighted by Gasteiger charge is 2.23. The molecule has 0 aliphatic carbocycles. The first-order valence-corrected chi connectivity index (χ1v) is 13.2. The largest absolute Gasteiger partial charge is 0.326 e. The van der Waals surface area contributed by atoms with Crippen molar-refractivity contribution in [2.75, 3.05) is 15.4 Å². The van der Waals surface area contributed by atoms with Gasteiger partial charge in [0.1, 0.15) is 11.6 Å². The van der Waals surface area contributed by atoms with E-state index >= 15 is 0 Å². The zero-order chi connectivity index (χ0) is 26.7. The third kappa shape index (κ3) is 5.95. The molecule has 4 N–H and O–H groups in total. The van der Waals surface area contributed by atoms with E-state index in [0.717, 1.165) is 11.3 Å². The molecule has 14 heteroatoms. The van der Waals surface area contributed by atoms with Crippen LogP contribution in [0.1, 0.15) is 18.2 Å². The Labute approximate surface area is 220 Å². The van der Waals surface area contributed by atoms with Gasteiger partial charge in [0.2, 0.25) is 11.9 Å². The lowest BCUT2D eigenvalue weighted by molar-refractivity contribution is -0.114. The van der Waals surface area contributed by atoms with Crippen LogP contribution in [0.4, 0.5) is 22.5 Å². The standard InChI is InChI=1S/C23H18ClN7O4S2/c1-12-21(36-23(26-12)27-13(2)32)37(34,35)31-17-7-3-14(4-8-17)19-18(11-25)20(33)30-22(29-19)28-16-9-5-15(24)6-10-16/h3-10,31H,1-2H3,(H,26,27,32)(H2,28,29,30,33). The van der Waals surface area contributed by atoms with E-state index in [1.807, 2.05) is 6.07 Å². The summed E-state index contributed by atoms with van der Waals surface area (Å²) in [6.07, 6.45) is 0. The maximum atomic E-state index is 12.9. The molecule has 0 spiro atoms. The number of aromatic nitrogens is 3. The van der Waals surface area contributed by atoms with E-state index in [0.29, 0.717) is 16.3 Å². The predicted octanol–water partition coefficient (Wildman–Crippen LogP) is 4.23. The summed E-state index contributed by atoms with van der Waals surface area (Å²) in [5.41, 5.74) is 0.811. The molecule has 4 aromatic rings. The van der Waals surface area contributed by atoms with Gasteiger partial charge in [-0.25, -0.2) is 18.4 Å². The molecule has 0 unspecified atom stereocenters. The van der Waals surface area contributed by atoms with Gasteiger partial charge in [-0.1, -0.05) is 35.1 Å². The van der Waals surface area contributed by atoms with Crippen LogP contribution in [0.2, 0.25) is 5.02 Å². The Hall–Kier alpha value is -4.25. The molecule has 0 aliphatic rings. The van der Waals surface area contributed by atoms with Crippen LogP contribution in [0.25, 0.3) is 11.3 Å². The lowest BCUT2D eigenvalue weighted by Crippen LogP contribution is -2.16. The molecule has 0 bridgehead atoms. The third-order valence-electron chi connectivity index (χ3n) is 4.83. The molecule has 188 valence electrons. The Morgan fingerprint density at radius 2 is 1.73 bits per heavy atom. The average molecular weight is 556 g/mol. The minimum atomic E-state index is -3.99. The average Bonchev–Trinajstić information content (AvgIpc) is 3.20. The summed E-state index contributed by atoms with van der Waals surface area (Å²) in [4.78, 5) is 34.7. The second kappa shape index (κ2) is 10.4. The molecule has 1 amide bonds. The van der Waals surface area contributed by atoms with E-state index in [9.17, 15) is 23.3 Å². The van der Waals surface area contributed by atoms with Gasteiger partial charge in [-0.3, -0.25) is 19.3 Å². The van der Waals surface area contributed by atoms with Crippen molar-refractivity contribution >= 4 is 61.3 Å². The molecule has 11 nitrogen and oxygen atoms in total. The van der Waals surface area contributed by atoms with Gasteiger partial charge in [-0.15, -0.1) is 0 Å². The second-order valence-corrected chi connectivity index (χ2v) is 11.0. The van der Waals surface area contributed by atoms with Crippen molar-refractivity contribution in [3.63, 3.8) is 0 Å². The number of thiazole rings is 1. The van der Waals surface area contributed by atoms with Crippen LogP contribution < -0.4 is 20.9 Å². The topological polar surface area (TPSA) is 170 Å². The number of hydrogen-bond acceptors (Lipinski definition) is 9. The maximum absolute atomic E-state index is 12.9. The molecule has 0 radical (unpaired) electrons. The lowest BCUT2D eigenvalue weighted by atomic mass is 10.1. The monoisotopic (exact) mass is 555 g/mol. The highest BCUT2D eigenvalue weighted by molar-refractivity contribution is 7.94. The number of rotatable bonds is 7. The highest BCUT2D eigenvalue weighted by Crippen LogP contribution is 2.30. The van der Waals surface area contributed by atoms with Crippen molar-refractivity contribution in [1.82, 2.24) is 15.0 Å². The van der Waals surface area contributed by atoms with E-state index in [1.165, 1.54) is 38.1 Å². The first kappa shape index (κ1) is 25.8. The Morgan fingerprint density at radius 1 is 1.08 bits per heavy atom. The molecule has 37 heavy (non-hydrogen) atoms. The van der Waals surface area contributed by atoms with Gasteiger partial charge in [0.25, 0.3) is 15.6 Å². The molecular formula is C23H18ClN7O4S2. The number of nitrogens with one attached hydrogen (secondary N) is 4. The van der Waals surface area contributed by atoms with Gasteiger partial charge in [-0.2, -0.15) is 5.26 Å². The summed E-state index contributed by atoms with van der Waals surface area (Å²) >= 11 is 6.73. The molecule has 2 aromatic carbocycles. The number of carbonyl (C=O) groups is 1.